The number of carbonyl (C=O) groups excluding carboxylic acids is 2. The van der Waals surface area contributed by atoms with Gasteiger partial charge >= 0.3 is 11.8 Å². The van der Waals surface area contributed by atoms with Gasteiger partial charge < -0.3 is 29.2 Å². The summed E-state index contributed by atoms with van der Waals surface area (Å²) in [6, 6.07) is 10.9. The third kappa shape index (κ3) is 4.66. The number of methoxy groups -OCH3 is 2. The van der Waals surface area contributed by atoms with E-state index in [9.17, 15) is 9.59 Å². The van der Waals surface area contributed by atoms with Crippen LogP contribution in [0.2, 0.25) is 0 Å². The molecule has 0 atom stereocenters. The Balaban J connectivity index is 1.30. The summed E-state index contributed by atoms with van der Waals surface area (Å²) >= 11 is 0. The number of carbonyl (C=O) groups is 2. The summed E-state index contributed by atoms with van der Waals surface area (Å²) in [7, 11) is 3.04. The van der Waals surface area contributed by atoms with E-state index in [1.807, 2.05) is 18.2 Å². The van der Waals surface area contributed by atoms with E-state index in [0.29, 0.717) is 43.4 Å². The molecular weight excluding hydrogens is 402 g/mol. The predicted octanol–water partition coefficient (Wildman–Crippen LogP) is 1.72. The van der Waals surface area contributed by atoms with Crippen molar-refractivity contribution in [3.8, 4) is 23.0 Å². The van der Waals surface area contributed by atoms with Crippen LogP contribution in [-0.4, -0.2) is 68.8 Å². The monoisotopic (exact) mass is 427 g/mol. The van der Waals surface area contributed by atoms with E-state index in [0.717, 1.165) is 23.6 Å². The van der Waals surface area contributed by atoms with Crippen molar-refractivity contribution in [3.63, 3.8) is 0 Å². The molecule has 1 saturated heterocycles. The van der Waals surface area contributed by atoms with Crippen molar-refractivity contribution in [3.05, 3.63) is 42.0 Å². The van der Waals surface area contributed by atoms with Crippen molar-refractivity contribution in [2.24, 2.45) is 0 Å². The number of ether oxygens (including phenoxy) is 4. The van der Waals surface area contributed by atoms with Crippen LogP contribution in [0.3, 0.4) is 0 Å². The zero-order valence-electron chi connectivity index (χ0n) is 17.6. The van der Waals surface area contributed by atoms with Crippen molar-refractivity contribution in [1.82, 2.24) is 9.80 Å². The summed E-state index contributed by atoms with van der Waals surface area (Å²) in [5.41, 5.74) is 1.54. The lowest BCUT2D eigenvalue weighted by Gasteiger charge is -2.34. The number of piperazine rings is 1. The molecule has 2 amide bonds. The molecule has 164 valence electrons. The topological polar surface area (TPSA) is 89.6 Å². The number of amides is 2. The van der Waals surface area contributed by atoms with E-state index in [2.05, 4.69) is 10.2 Å². The van der Waals surface area contributed by atoms with Gasteiger partial charge in [-0.1, -0.05) is 6.07 Å². The second-order valence-electron chi connectivity index (χ2n) is 7.28. The van der Waals surface area contributed by atoms with Gasteiger partial charge in [-0.25, -0.2) is 0 Å². The van der Waals surface area contributed by atoms with Gasteiger partial charge in [0.1, 0.15) is 11.5 Å². The highest BCUT2D eigenvalue weighted by Gasteiger charge is 2.27. The summed E-state index contributed by atoms with van der Waals surface area (Å²) < 4.78 is 21.2. The molecule has 0 saturated carbocycles. The molecular formula is C22H25N3O6. The van der Waals surface area contributed by atoms with Gasteiger partial charge in [0.25, 0.3) is 0 Å². The van der Waals surface area contributed by atoms with Crippen LogP contribution in [0, 0.1) is 0 Å². The number of nitrogens with zero attached hydrogens (tertiary/aromatic N) is 2. The van der Waals surface area contributed by atoms with Gasteiger partial charge in [-0.3, -0.25) is 14.5 Å². The maximum absolute atomic E-state index is 12.6. The number of fused-ring (bicyclic) bond motifs is 1. The highest BCUT2D eigenvalue weighted by molar-refractivity contribution is 6.39. The molecule has 31 heavy (non-hydrogen) atoms. The van der Waals surface area contributed by atoms with E-state index in [-0.39, 0.29) is 6.79 Å². The van der Waals surface area contributed by atoms with Crippen molar-refractivity contribution in [2.45, 2.75) is 6.54 Å². The van der Waals surface area contributed by atoms with E-state index < -0.39 is 11.8 Å². The van der Waals surface area contributed by atoms with Gasteiger partial charge in [-0.05, 0) is 29.8 Å². The standard InChI is InChI=1S/C22H25N3O6/c1-28-16-4-5-17(19(12-16)29-2)23-21(26)22(27)25-9-7-24(8-10-25)13-15-3-6-18-20(11-15)31-14-30-18/h3-6,11-12H,7-10,13-14H2,1-2H3,(H,23,26). The fourth-order valence-corrected chi connectivity index (χ4v) is 3.63. The van der Waals surface area contributed by atoms with E-state index in [1.165, 1.54) is 7.11 Å². The molecule has 2 aromatic carbocycles. The Morgan fingerprint density at radius 2 is 1.74 bits per heavy atom. The Morgan fingerprint density at radius 3 is 2.48 bits per heavy atom. The van der Waals surface area contributed by atoms with Gasteiger partial charge in [0.15, 0.2) is 11.5 Å². The summed E-state index contributed by atoms with van der Waals surface area (Å²) in [6.07, 6.45) is 0. The molecule has 9 nitrogen and oxygen atoms in total. The van der Waals surface area contributed by atoms with Crippen LogP contribution in [-0.2, 0) is 16.1 Å². The lowest BCUT2D eigenvalue weighted by atomic mass is 10.1. The summed E-state index contributed by atoms with van der Waals surface area (Å²) in [4.78, 5) is 28.9. The first-order valence-corrected chi connectivity index (χ1v) is 10.0. The molecule has 0 aromatic heterocycles. The van der Waals surface area contributed by atoms with Crippen LogP contribution in [0.25, 0.3) is 0 Å². The van der Waals surface area contributed by atoms with Crippen LogP contribution in [0.15, 0.2) is 36.4 Å². The molecule has 0 unspecified atom stereocenters. The number of nitrogens with one attached hydrogen (secondary N) is 1. The SMILES string of the molecule is COc1ccc(NC(=O)C(=O)N2CCN(Cc3ccc4c(c3)OCO4)CC2)c(OC)c1. The summed E-state index contributed by atoms with van der Waals surface area (Å²) in [6.45, 7) is 3.32. The van der Waals surface area contributed by atoms with Gasteiger partial charge in [0.2, 0.25) is 6.79 Å². The highest BCUT2D eigenvalue weighted by atomic mass is 16.7. The van der Waals surface area contributed by atoms with E-state index in [1.54, 1.807) is 30.2 Å². The average molecular weight is 427 g/mol. The minimum Gasteiger partial charge on any atom is -0.497 e. The van der Waals surface area contributed by atoms with Gasteiger partial charge in [-0.15, -0.1) is 0 Å². The molecule has 2 aromatic rings. The zero-order chi connectivity index (χ0) is 21.8. The van der Waals surface area contributed by atoms with Crippen molar-refractivity contribution in [2.75, 3.05) is 52.5 Å². The van der Waals surface area contributed by atoms with Gasteiger partial charge in [-0.2, -0.15) is 0 Å². The van der Waals surface area contributed by atoms with Crippen LogP contribution < -0.4 is 24.3 Å². The highest BCUT2D eigenvalue weighted by Crippen LogP contribution is 2.33. The molecule has 2 aliphatic rings. The van der Waals surface area contributed by atoms with E-state index in [4.69, 9.17) is 18.9 Å². The quantitative estimate of drug-likeness (QED) is 0.727. The molecule has 0 spiro atoms. The number of anilines is 1. The van der Waals surface area contributed by atoms with Crippen LogP contribution in [0.1, 0.15) is 5.56 Å². The first-order valence-electron chi connectivity index (χ1n) is 10.0. The fourth-order valence-electron chi connectivity index (χ4n) is 3.63. The summed E-state index contributed by atoms with van der Waals surface area (Å²) in [5, 5.41) is 2.63. The Morgan fingerprint density at radius 1 is 0.968 bits per heavy atom. The number of benzene rings is 2. The minimum atomic E-state index is -0.687. The number of hydrogen-bond donors (Lipinski definition) is 1. The molecule has 1 fully saturated rings. The smallest absolute Gasteiger partial charge is 0.314 e. The second-order valence-corrected chi connectivity index (χ2v) is 7.28. The molecule has 9 heteroatoms. The third-order valence-electron chi connectivity index (χ3n) is 5.35. The van der Waals surface area contributed by atoms with Crippen LogP contribution >= 0.6 is 0 Å². The zero-order valence-corrected chi connectivity index (χ0v) is 17.6. The largest absolute Gasteiger partial charge is 0.497 e. The molecule has 0 radical (unpaired) electrons. The Hall–Kier alpha value is -3.46. The lowest BCUT2D eigenvalue weighted by molar-refractivity contribution is -0.144. The summed E-state index contributed by atoms with van der Waals surface area (Å²) in [5.74, 6) is 1.30. The lowest BCUT2D eigenvalue weighted by Crippen LogP contribution is -2.51. The van der Waals surface area contributed by atoms with Crippen molar-refractivity contribution >= 4 is 17.5 Å². The molecule has 1 N–H and O–H groups in total. The Bertz CT molecular complexity index is 972. The van der Waals surface area contributed by atoms with Crippen molar-refractivity contribution in [1.29, 1.82) is 0 Å². The molecule has 2 heterocycles. The average Bonchev–Trinajstić information content (AvgIpc) is 3.27. The molecule has 4 rings (SSSR count). The Kier molecular flexibility index (Phi) is 6.13. The molecule has 2 aliphatic heterocycles. The fraction of sp³-hybridized carbons (Fsp3) is 0.364. The number of rotatable bonds is 5. The van der Waals surface area contributed by atoms with E-state index >= 15 is 0 Å². The van der Waals surface area contributed by atoms with Gasteiger partial charge in [0.05, 0.1) is 19.9 Å². The van der Waals surface area contributed by atoms with Crippen LogP contribution in [0.5, 0.6) is 23.0 Å². The second kappa shape index (κ2) is 9.13. The van der Waals surface area contributed by atoms with Crippen LogP contribution in [0.4, 0.5) is 5.69 Å². The number of hydrogen-bond acceptors (Lipinski definition) is 7. The predicted molar refractivity (Wildman–Crippen MR) is 113 cm³/mol. The van der Waals surface area contributed by atoms with Crippen molar-refractivity contribution < 1.29 is 28.5 Å². The normalized spacial score (nSPS) is 15.5. The first kappa shape index (κ1) is 20.8. The minimum absolute atomic E-state index is 0.254. The maximum Gasteiger partial charge on any atom is 0.314 e. The molecule has 0 bridgehead atoms. The third-order valence-corrected chi connectivity index (χ3v) is 5.35. The Labute approximate surface area is 180 Å². The van der Waals surface area contributed by atoms with Gasteiger partial charge in [0, 0.05) is 38.8 Å². The maximum atomic E-state index is 12.6. The molecule has 0 aliphatic carbocycles. The first-order chi connectivity index (χ1) is 15.1.